The lowest BCUT2D eigenvalue weighted by molar-refractivity contribution is 0.0932. The van der Waals surface area contributed by atoms with Crippen molar-refractivity contribution in [1.29, 1.82) is 0 Å². The lowest BCUT2D eigenvalue weighted by Crippen LogP contribution is -2.52. The number of nitrogens with one attached hydrogen (secondary N) is 2. The van der Waals surface area contributed by atoms with Crippen LogP contribution in [0.25, 0.3) is 39.2 Å². The van der Waals surface area contributed by atoms with E-state index in [1.54, 1.807) is 35.4 Å². The minimum atomic E-state index is -0.517. The number of aromatic nitrogens is 5. The van der Waals surface area contributed by atoms with Crippen LogP contribution in [0.5, 0.6) is 11.5 Å². The van der Waals surface area contributed by atoms with Crippen LogP contribution in [-0.2, 0) is 6.54 Å². The Labute approximate surface area is 345 Å². The maximum atomic E-state index is 13.6. The Morgan fingerprint density at radius 2 is 1.73 bits per heavy atom. The summed E-state index contributed by atoms with van der Waals surface area (Å²) >= 11 is 0. The molecule has 0 radical (unpaired) electrons. The lowest BCUT2D eigenvalue weighted by Gasteiger charge is -2.34. The Balaban J connectivity index is 0.925. The third-order valence-electron chi connectivity index (χ3n) is 11.0. The van der Waals surface area contributed by atoms with Gasteiger partial charge in [0.2, 0.25) is 0 Å². The summed E-state index contributed by atoms with van der Waals surface area (Å²) in [7, 11) is 0. The average molecular weight is 807 g/mol. The van der Waals surface area contributed by atoms with Crippen molar-refractivity contribution in [1.82, 2.24) is 39.8 Å². The number of aliphatic imine (C=N–C) groups is 1. The number of hydrogen-bond acceptors (Lipinski definition) is 11. The molecule has 1 fully saturated rings. The molecule has 3 aromatic carbocycles. The van der Waals surface area contributed by atoms with E-state index in [1.165, 1.54) is 10.6 Å². The van der Waals surface area contributed by atoms with E-state index in [0.29, 0.717) is 83.9 Å². The van der Waals surface area contributed by atoms with Gasteiger partial charge in [-0.2, -0.15) is 5.10 Å². The van der Waals surface area contributed by atoms with E-state index in [4.69, 9.17) is 10.7 Å². The number of imide groups is 1. The van der Waals surface area contributed by atoms with Crippen molar-refractivity contribution in [3.8, 4) is 28.6 Å². The fourth-order valence-electron chi connectivity index (χ4n) is 7.84. The third kappa shape index (κ3) is 7.99. The Morgan fingerprint density at radius 3 is 2.45 bits per heavy atom. The van der Waals surface area contributed by atoms with Gasteiger partial charge in [-0.3, -0.25) is 30.0 Å². The molecule has 0 saturated carbocycles. The lowest BCUT2D eigenvalue weighted by atomic mass is 9.92. The highest BCUT2D eigenvalue weighted by molar-refractivity contribution is 6.32. The summed E-state index contributed by atoms with van der Waals surface area (Å²) in [5.74, 6) is -0.535. The molecule has 60 heavy (non-hydrogen) atoms. The molecule has 0 bridgehead atoms. The number of aromatic hydroxyl groups is 2. The molecule has 2 aliphatic heterocycles. The molecular weight excluding hydrogens is 761 g/mol. The van der Waals surface area contributed by atoms with Gasteiger partial charge in [0, 0.05) is 79.5 Å². The van der Waals surface area contributed by atoms with Crippen LogP contribution in [0.1, 0.15) is 71.0 Å². The SMILES string of the molecule is Cc1cccc(/C(N)=C(/C2=NCCC2)c2ccnc3ccc(C(=O)NC(=O)N4CCN(Cc5ccc(-n6c(-c7cc(C(C)C)c(O)cc7O)n[nH]c6=O)cc5)CC4)cc23)n1. The van der Waals surface area contributed by atoms with E-state index in [2.05, 4.69) is 30.4 Å². The molecule has 0 spiro atoms. The number of benzene rings is 3. The number of aryl methyl sites for hydroxylation is 1. The number of aromatic amines is 1. The predicted molar refractivity (Wildman–Crippen MR) is 230 cm³/mol. The Hall–Kier alpha value is -7.13. The van der Waals surface area contributed by atoms with Gasteiger partial charge >= 0.3 is 11.7 Å². The number of phenolic OH excluding ortho intramolecular Hbond substituents is 2. The van der Waals surface area contributed by atoms with Crippen LogP contribution in [0.4, 0.5) is 4.79 Å². The second-order valence-corrected chi connectivity index (χ2v) is 15.4. The standard InChI is InChI=1S/C45H46N10O5/c1-26(2)32-23-34(39(57)24-38(32)56)42-51-52-45(60)55(42)30-12-9-28(10-13-30)25-53-18-20-54(21-19-53)44(59)50-43(58)29-11-14-35-33(22-29)31(15-17-48-35)40(36-8-5-16-47-36)41(46)37-7-4-6-27(3)49-37/h4,6-7,9-15,17,22-24,26,56-57H,5,8,16,18-21,25,46H2,1-3H3,(H,52,60)(H,50,58,59)/b41-40-. The van der Waals surface area contributed by atoms with E-state index < -0.39 is 17.6 Å². The van der Waals surface area contributed by atoms with Crippen LogP contribution in [0, 0.1) is 6.92 Å². The minimum Gasteiger partial charge on any atom is -0.508 e. The molecule has 5 heterocycles. The maximum absolute atomic E-state index is 13.6. The van der Waals surface area contributed by atoms with Crippen LogP contribution in [0.15, 0.2) is 94.8 Å². The highest BCUT2D eigenvalue weighted by Crippen LogP contribution is 2.37. The van der Waals surface area contributed by atoms with Crippen molar-refractivity contribution in [3.05, 3.63) is 129 Å². The first-order valence-corrected chi connectivity index (χ1v) is 20.0. The van der Waals surface area contributed by atoms with Gasteiger partial charge in [-0.1, -0.05) is 32.0 Å². The fraction of sp³-hybridized carbons (Fsp3) is 0.267. The topological polar surface area (TPSA) is 208 Å². The number of nitrogens with two attached hydrogens (primary N) is 1. The van der Waals surface area contributed by atoms with E-state index in [1.807, 2.05) is 69.3 Å². The zero-order chi connectivity index (χ0) is 42.1. The number of piperazine rings is 1. The molecule has 15 heteroatoms. The van der Waals surface area contributed by atoms with E-state index >= 15 is 0 Å². The van der Waals surface area contributed by atoms with Gasteiger partial charge in [-0.15, -0.1) is 0 Å². The fourth-order valence-corrected chi connectivity index (χ4v) is 7.84. The molecule has 0 atom stereocenters. The summed E-state index contributed by atoms with van der Waals surface area (Å²) in [5, 5.41) is 30.9. The van der Waals surface area contributed by atoms with Crippen molar-refractivity contribution >= 4 is 39.8 Å². The summed E-state index contributed by atoms with van der Waals surface area (Å²) in [6.45, 7) is 9.12. The number of carbonyl (C=O) groups excluding carboxylic acids is 2. The van der Waals surface area contributed by atoms with E-state index in [0.717, 1.165) is 40.9 Å². The molecule has 3 amide bonds. The normalized spacial score (nSPS) is 15.0. The van der Waals surface area contributed by atoms with Crippen molar-refractivity contribution in [2.75, 3.05) is 32.7 Å². The number of hydrogen-bond donors (Lipinski definition) is 5. The number of fused-ring (bicyclic) bond motifs is 1. The monoisotopic (exact) mass is 806 g/mol. The minimum absolute atomic E-state index is 0.0206. The van der Waals surface area contributed by atoms with Crippen LogP contribution in [0.3, 0.4) is 0 Å². The summed E-state index contributed by atoms with van der Waals surface area (Å²) in [5.41, 5.74) is 14.3. The molecule has 6 N–H and O–H groups in total. The smallest absolute Gasteiger partial charge is 0.348 e. The van der Waals surface area contributed by atoms with Gasteiger partial charge in [0.1, 0.15) is 11.5 Å². The summed E-state index contributed by atoms with van der Waals surface area (Å²) in [4.78, 5) is 57.7. The van der Waals surface area contributed by atoms with Gasteiger partial charge in [0.15, 0.2) is 5.82 Å². The Kier molecular flexibility index (Phi) is 11.0. The highest BCUT2D eigenvalue weighted by Gasteiger charge is 2.26. The van der Waals surface area contributed by atoms with Gasteiger partial charge in [-0.05, 0) is 97.0 Å². The second kappa shape index (κ2) is 16.6. The van der Waals surface area contributed by atoms with Gasteiger partial charge in [0.25, 0.3) is 5.91 Å². The van der Waals surface area contributed by atoms with Crippen molar-refractivity contribution in [2.24, 2.45) is 10.7 Å². The zero-order valence-corrected chi connectivity index (χ0v) is 33.6. The van der Waals surface area contributed by atoms with Gasteiger partial charge in [-0.25, -0.2) is 19.3 Å². The molecule has 15 nitrogen and oxygen atoms in total. The summed E-state index contributed by atoms with van der Waals surface area (Å²) in [6, 6.07) is 22.7. The molecule has 2 aliphatic rings. The first kappa shape index (κ1) is 39.7. The molecule has 6 aromatic rings. The number of amides is 3. The van der Waals surface area contributed by atoms with Crippen LogP contribution in [0.2, 0.25) is 0 Å². The third-order valence-corrected chi connectivity index (χ3v) is 11.0. The zero-order valence-electron chi connectivity index (χ0n) is 33.6. The molecule has 8 rings (SSSR count). The number of phenols is 2. The number of nitrogens with zero attached hydrogens (tertiary/aromatic N) is 7. The maximum Gasteiger partial charge on any atom is 0.348 e. The van der Waals surface area contributed by atoms with Crippen LogP contribution in [-0.4, -0.2) is 95.1 Å². The summed E-state index contributed by atoms with van der Waals surface area (Å²) < 4.78 is 1.38. The Bertz CT molecular complexity index is 2740. The number of pyridine rings is 2. The van der Waals surface area contributed by atoms with Gasteiger partial charge in [0.05, 0.1) is 28.2 Å². The Morgan fingerprint density at radius 1 is 0.950 bits per heavy atom. The predicted octanol–water partition coefficient (Wildman–Crippen LogP) is 5.74. The first-order valence-electron chi connectivity index (χ1n) is 20.0. The first-order chi connectivity index (χ1) is 28.9. The molecule has 1 saturated heterocycles. The molecule has 0 aliphatic carbocycles. The quantitative estimate of drug-likeness (QED) is 0.120. The van der Waals surface area contributed by atoms with Crippen molar-refractivity contribution in [3.63, 3.8) is 0 Å². The number of urea groups is 1. The molecule has 306 valence electrons. The van der Waals surface area contributed by atoms with Crippen molar-refractivity contribution in [2.45, 2.75) is 46.1 Å². The number of allylic oxidation sites excluding steroid dienone is 1. The average Bonchev–Trinajstić information content (AvgIpc) is 3.91. The number of rotatable bonds is 9. The molecule has 0 unspecified atom stereocenters. The molecular formula is C45H46N10O5. The number of carbonyl (C=O) groups is 2. The second-order valence-electron chi connectivity index (χ2n) is 15.4. The van der Waals surface area contributed by atoms with Crippen LogP contribution < -0.4 is 16.7 Å². The van der Waals surface area contributed by atoms with E-state index in [9.17, 15) is 24.6 Å². The largest absolute Gasteiger partial charge is 0.508 e. The van der Waals surface area contributed by atoms with Crippen LogP contribution >= 0.6 is 0 Å². The summed E-state index contributed by atoms with van der Waals surface area (Å²) in [6.07, 6.45) is 3.40. The van der Waals surface area contributed by atoms with Gasteiger partial charge < -0.3 is 20.8 Å². The van der Waals surface area contributed by atoms with E-state index in [-0.39, 0.29) is 23.2 Å². The highest BCUT2D eigenvalue weighted by atomic mass is 16.3. The molecule has 3 aromatic heterocycles. The van der Waals surface area contributed by atoms with Crippen molar-refractivity contribution < 1.29 is 19.8 Å². The number of H-pyrrole nitrogens is 1.